The molecule has 0 aromatic heterocycles. The molecule has 0 bridgehead atoms. The van der Waals surface area contributed by atoms with Crippen molar-refractivity contribution in [2.45, 2.75) is 0 Å². The molecular formula is C2H7N2. The molecule has 0 aliphatic rings. The molecule has 0 rings (SSSR count). The molecule has 4 heavy (non-hydrogen) atoms. The van der Waals surface area contributed by atoms with E-state index in [-0.39, 0.29) is 0 Å². The summed E-state index contributed by atoms with van der Waals surface area (Å²) in [6.07, 6.45) is 0. The van der Waals surface area contributed by atoms with Crippen molar-refractivity contribution in [2.75, 3.05) is 6.67 Å². The van der Waals surface area contributed by atoms with Crippen molar-refractivity contribution >= 4 is 0 Å². The summed E-state index contributed by atoms with van der Waals surface area (Å²) in [6.45, 7) is 0.458. The maximum atomic E-state index is 4.85. The predicted octanol–water partition coefficient (Wildman–Crippen LogP) is -0.716. The van der Waals surface area contributed by atoms with Gasteiger partial charge in [0.2, 0.25) is 0 Å². The van der Waals surface area contributed by atoms with Crippen LogP contribution < -0.4 is 11.1 Å². The summed E-state index contributed by atoms with van der Waals surface area (Å²) in [5, 5.41) is 2.46. The van der Waals surface area contributed by atoms with Gasteiger partial charge in [0.15, 0.2) is 0 Å². The number of hydrogen-bond donors (Lipinski definition) is 2. The number of hydrogen-bond acceptors (Lipinski definition) is 2. The van der Waals surface area contributed by atoms with Gasteiger partial charge in [0.25, 0.3) is 0 Å². The van der Waals surface area contributed by atoms with Gasteiger partial charge in [-0.05, 0) is 0 Å². The molecule has 0 saturated carbocycles. The van der Waals surface area contributed by atoms with Gasteiger partial charge in [-0.2, -0.15) is 0 Å². The fraction of sp³-hybridized carbons (Fsp3) is 0.500. The lowest BCUT2D eigenvalue weighted by Crippen LogP contribution is -2.13. The zero-order valence-electron chi connectivity index (χ0n) is 2.49. The van der Waals surface area contributed by atoms with E-state index in [0.717, 1.165) is 0 Å². The molecule has 0 aromatic carbocycles. The Hall–Kier alpha value is -0.0800. The van der Waals surface area contributed by atoms with Crippen LogP contribution in [0, 0.1) is 7.05 Å². The second-order valence-corrected chi connectivity index (χ2v) is 0.454. The zero-order valence-corrected chi connectivity index (χ0v) is 2.49. The Labute approximate surface area is 26.0 Å². The molecule has 3 N–H and O–H groups in total. The van der Waals surface area contributed by atoms with Crippen LogP contribution in [0.3, 0.4) is 0 Å². The highest BCUT2D eigenvalue weighted by Gasteiger charge is 1.49. The largest absolute Gasteiger partial charge is 0.318 e. The first-order valence-corrected chi connectivity index (χ1v) is 1.12. The maximum Gasteiger partial charge on any atom is 0.0429 e. The van der Waals surface area contributed by atoms with E-state index in [4.69, 9.17) is 5.73 Å². The lowest BCUT2D eigenvalue weighted by Gasteiger charge is -1.76. The Morgan fingerprint density at radius 2 is 2.25 bits per heavy atom. The van der Waals surface area contributed by atoms with E-state index in [0.29, 0.717) is 6.67 Å². The summed E-state index contributed by atoms with van der Waals surface area (Å²) in [6, 6.07) is 0. The van der Waals surface area contributed by atoms with E-state index in [9.17, 15) is 0 Å². The summed E-state index contributed by atoms with van der Waals surface area (Å²) >= 11 is 0. The van der Waals surface area contributed by atoms with Gasteiger partial charge in [0.1, 0.15) is 0 Å². The number of rotatable bonds is 1. The minimum absolute atomic E-state index is 0.458. The van der Waals surface area contributed by atoms with E-state index in [1.807, 2.05) is 0 Å². The Bertz CT molecular complexity index is 6.00. The molecule has 2 nitrogen and oxygen atoms in total. The molecule has 25 valence electrons. The van der Waals surface area contributed by atoms with Crippen molar-refractivity contribution in [1.29, 1.82) is 0 Å². The zero-order chi connectivity index (χ0) is 3.41. The van der Waals surface area contributed by atoms with Gasteiger partial charge in [0, 0.05) is 13.7 Å². The summed E-state index contributed by atoms with van der Waals surface area (Å²) in [7, 11) is 3.23. The Morgan fingerprint density at radius 3 is 2.25 bits per heavy atom. The van der Waals surface area contributed by atoms with Gasteiger partial charge in [-0.25, -0.2) is 0 Å². The van der Waals surface area contributed by atoms with Crippen LogP contribution in [-0.2, 0) is 0 Å². The Morgan fingerprint density at radius 1 is 2.00 bits per heavy atom. The standard InChI is InChI=1S/C2H7N2/c1-4-2-3/h4H,1-3H2. The highest BCUT2D eigenvalue weighted by Crippen LogP contribution is 1.21. The van der Waals surface area contributed by atoms with Gasteiger partial charge < -0.3 is 11.1 Å². The van der Waals surface area contributed by atoms with Crippen molar-refractivity contribution in [1.82, 2.24) is 5.32 Å². The molecule has 0 spiro atoms. The molecule has 0 amide bonds. The van der Waals surface area contributed by atoms with Crippen LogP contribution in [0.2, 0.25) is 0 Å². The highest BCUT2D eigenvalue weighted by molar-refractivity contribution is 4.23. The molecule has 0 unspecified atom stereocenters. The van der Waals surface area contributed by atoms with Crippen LogP contribution in [0.15, 0.2) is 0 Å². The summed E-state index contributed by atoms with van der Waals surface area (Å²) < 4.78 is 0. The molecule has 0 aromatic rings. The fourth-order valence-corrected chi connectivity index (χ4v) is 0. The first kappa shape index (κ1) is 3.92. The van der Waals surface area contributed by atoms with Gasteiger partial charge in [-0.3, -0.25) is 0 Å². The van der Waals surface area contributed by atoms with Crippen molar-refractivity contribution in [2.24, 2.45) is 5.73 Å². The van der Waals surface area contributed by atoms with Gasteiger partial charge in [-0.1, -0.05) is 0 Å². The monoisotopic (exact) mass is 59.1 g/mol. The predicted molar refractivity (Wildman–Crippen MR) is 17.5 cm³/mol. The van der Waals surface area contributed by atoms with E-state index in [2.05, 4.69) is 12.4 Å². The van der Waals surface area contributed by atoms with E-state index in [1.165, 1.54) is 0 Å². The average molecular weight is 59.1 g/mol. The quantitative estimate of drug-likeness (QED) is 0.391. The molecule has 1 radical (unpaired) electrons. The normalized spacial score (nSPS) is 7.50. The van der Waals surface area contributed by atoms with Gasteiger partial charge in [-0.15, -0.1) is 0 Å². The molecule has 0 fully saturated rings. The molecule has 0 aliphatic heterocycles. The topological polar surface area (TPSA) is 38.0 Å². The van der Waals surface area contributed by atoms with Gasteiger partial charge >= 0.3 is 0 Å². The van der Waals surface area contributed by atoms with Crippen molar-refractivity contribution in [3.05, 3.63) is 7.05 Å². The second kappa shape index (κ2) is 2.92. The highest BCUT2D eigenvalue weighted by atomic mass is 14.9. The third kappa shape index (κ3) is 1.92. The summed E-state index contributed by atoms with van der Waals surface area (Å²) in [4.78, 5) is 0. The molecular weight excluding hydrogens is 52.0 g/mol. The van der Waals surface area contributed by atoms with Crippen molar-refractivity contribution < 1.29 is 0 Å². The van der Waals surface area contributed by atoms with E-state index >= 15 is 0 Å². The Kier molecular flexibility index (Phi) is 2.86. The minimum atomic E-state index is 0.458. The smallest absolute Gasteiger partial charge is 0.0429 e. The lowest BCUT2D eigenvalue weighted by atomic mass is 11.1. The van der Waals surface area contributed by atoms with Crippen molar-refractivity contribution in [3.63, 3.8) is 0 Å². The molecule has 0 aliphatic carbocycles. The summed E-state index contributed by atoms with van der Waals surface area (Å²) in [5.74, 6) is 0. The average Bonchev–Trinajstić information content (AvgIpc) is 1.37. The van der Waals surface area contributed by atoms with Crippen LogP contribution >= 0.6 is 0 Å². The first-order valence-electron chi connectivity index (χ1n) is 1.12. The lowest BCUT2D eigenvalue weighted by molar-refractivity contribution is 0.881. The second-order valence-electron chi connectivity index (χ2n) is 0.454. The number of nitrogens with two attached hydrogens (primary N) is 1. The van der Waals surface area contributed by atoms with Crippen LogP contribution in [0.1, 0.15) is 0 Å². The SMILES string of the molecule is [CH2]NCN. The minimum Gasteiger partial charge on any atom is -0.318 e. The maximum absolute atomic E-state index is 4.85. The Balaban J connectivity index is 1.97. The third-order valence-corrected chi connectivity index (χ3v) is 0.144. The van der Waals surface area contributed by atoms with Crippen molar-refractivity contribution in [3.8, 4) is 0 Å². The first-order chi connectivity index (χ1) is 1.91. The van der Waals surface area contributed by atoms with Crippen LogP contribution in [0.4, 0.5) is 0 Å². The summed E-state index contributed by atoms with van der Waals surface area (Å²) in [5.41, 5.74) is 4.85. The van der Waals surface area contributed by atoms with E-state index < -0.39 is 0 Å². The van der Waals surface area contributed by atoms with Crippen LogP contribution in [-0.4, -0.2) is 6.67 Å². The molecule has 0 saturated heterocycles. The van der Waals surface area contributed by atoms with E-state index in [1.54, 1.807) is 0 Å². The van der Waals surface area contributed by atoms with Gasteiger partial charge in [0.05, 0.1) is 0 Å². The molecule has 0 heterocycles. The third-order valence-electron chi connectivity index (χ3n) is 0.144. The van der Waals surface area contributed by atoms with Crippen LogP contribution in [0.5, 0.6) is 0 Å². The number of nitrogens with one attached hydrogen (secondary N) is 1. The fourth-order valence-electron chi connectivity index (χ4n) is 0. The molecule has 0 atom stereocenters. The van der Waals surface area contributed by atoms with Crippen LogP contribution in [0.25, 0.3) is 0 Å². The molecule has 2 heteroatoms.